The molecule has 1 fully saturated rings. The summed E-state index contributed by atoms with van der Waals surface area (Å²) in [5.41, 5.74) is 0. The molecule has 72 valence electrons. The van der Waals surface area contributed by atoms with Gasteiger partial charge in [-0.3, -0.25) is 0 Å². The molecule has 0 amide bonds. The van der Waals surface area contributed by atoms with Gasteiger partial charge in [-0.2, -0.15) is 0 Å². The van der Waals surface area contributed by atoms with Crippen molar-refractivity contribution in [2.45, 2.75) is 33.3 Å². The summed E-state index contributed by atoms with van der Waals surface area (Å²) in [6, 6.07) is 0. The summed E-state index contributed by atoms with van der Waals surface area (Å²) in [6.45, 7) is 12.7. The molecule has 0 spiro atoms. The lowest BCUT2D eigenvalue weighted by Crippen LogP contribution is -2.57. The Morgan fingerprint density at radius 1 is 1.25 bits per heavy atom. The first-order valence-corrected chi connectivity index (χ1v) is 5.23. The second-order valence-electron chi connectivity index (χ2n) is 3.78. The highest BCUT2D eigenvalue weighted by Crippen LogP contribution is 2.16. The van der Waals surface area contributed by atoms with Gasteiger partial charge < -0.3 is 9.22 Å². The molecule has 0 aromatic heterocycles. The van der Waals surface area contributed by atoms with E-state index in [0.29, 0.717) is 6.10 Å². The van der Waals surface area contributed by atoms with Crippen LogP contribution in [0.2, 0.25) is 0 Å². The molecule has 0 saturated carbocycles. The second kappa shape index (κ2) is 4.24. The van der Waals surface area contributed by atoms with Crippen molar-refractivity contribution in [1.82, 2.24) is 0 Å². The minimum Gasteiger partial charge on any atom is -0.367 e. The first-order valence-electron chi connectivity index (χ1n) is 5.23. The number of nitrogens with zero attached hydrogens (tertiary/aromatic N) is 1. The average molecular weight is 172 g/mol. The van der Waals surface area contributed by atoms with Crippen LogP contribution in [0.5, 0.6) is 0 Å². The minimum atomic E-state index is 0.513. The van der Waals surface area contributed by atoms with E-state index < -0.39 is 0 Å². The van der Waals surface area contributed by atoms with Crippen molar-refractivity contribution < 1.29 is 9.22 Å². The van der Waals surface area contributed by atoms with Gasteiger partial charge in [-0.15, -0.1) is 0 Å². The Bertz CT molecular complexity index is 132. The zero-order valence-corrected chi connectivity index (χ0v) is 8.68. The Morgan fingerprint density at radius 3 is 2.42 bits per heavy atom. The van der Waals surface area contributed by atoms with E-state index in [4.69, 9.17) is 4.74 Å². The fourth-order valence-corrected chi connectivity index (χ4v) is 2.03. The Morgan fingerprint density at radius 2 is 1.92 bits per heavy atom. The third-order valence-corrected chi connectivity index (χ3v) is 3.31. The molecule has 1 rings (SSSR count). The quantitative estimate of drug-likeness (QED) is 0.588. The molecule has 0 aliphatic carbocycles. The molecule has 0 aromatic carbocycles. The standard InChI is InChI=1S/C10H22NO/c1-4-10-9-11(5-2,6-3)7-8-12-10/h10H,4-9H2,1-3H3/q+1. The van der Waals surface area contributed by atoms with Crippen LogP contribution < -0.4 is 0 Å². The van der Waals surface area contributed by atoms with Gasteiger partial charge in [0.1, 0.15) is 19.2 Å². The highest BCUT2D eigenvalue weighted by molar-refractivity contribution is 4.60. The monoisotopic (exact) mass is 172 g/mol. The second-order valence-corrected chi connectivity index (χ2v) is 3.78. The van der Waals surface area contributed by atoms with Crippen LogP contribution in [0.25, 0.3) is 0 Å². The smallest absolute Gasteiger partial charge is 0.106 e. The molecular formula is C10H22NO+. The topological polar surface area (TPSA) is 9.23 Å². The number of quaternary nitrogens is 1. The molecule has 2 nitrogen and oxygen atoms in total. The lowest BCUT2D eigenvalue weighted by Gasteiger charge is -2.42. The summed E-state index contributed by atoms with van der Waals surface area (Å²) in [5, 5.41) is 0. The number of rotatable bonds is 3. The largest absolute Gasteiger partial charge is 0.367 e. The average Bonchev–Trinajstić information content (AvgIpc) is 2.18. The van der Waals surface area contributed by atoms with Crippen LogP contribution in [0.15, 0.2) is 0 Å². The van der Waals surface area contributed by atoms with E-state index in [1.807, 2.05) is 0 Å². The van der Waals surface area contributed by atoms with Gasteiger partial charge in [0.2, 0.25) is 0 Å². The van der Waals surface area contributed by atoms with Crippen molar-refractivity contribution in [3.05, 3.63) is 0 Å². The van der Waals surface area contributed by atoms with Crippen LogP contribution >= 0.6 is 0 Å². The normalized spacial score (nSPS) is 28.8. The molecule has 0 radical (unpaired) electrons. The van der Waals surface area contributed by atoms with E-state index in [1.165, 1.54) is 37.1 Å². The Kier molecular flexibility index (Phi) is 3.53. The molecule has 0 aromatic rings. The summed E-state index contributed by atoms with van der Waals surface area (Å²) in [7, 11) is 0. The highest BCUT2D eigenvalue weighted by Gasteiger charge is 2.31. The van der Waals surface area contributed by atoms with Gasteiger partial charge in [0.15, 0.2) is 0 Å². The molecule has 0 N–H and O–H groups in total. The van der Waals surface area contributed by atoms with Crippen LogP contribution in [-0.2, 0) is 4.74 Å². The SMILES string of the molecule is CCC1C[N+](CC)(CC)CCO1. The molecule has 1 heterocycles. The maximum absolute atomic E-state index is 5.67. The fraction of sp³-hybridized carbons (Fsp3) is 1.00. The lowest BCUT2D eigenvalue weighted by molar-refractivity contribution is -0.935. The molecule has 1 aliphatic rings. The van der Waals surface area contributed by atoms with Crippen LogP contribution in [0, 0.1) is 0 Å². The van der Waals surface area contributed by atoms with Crippen LogP contribution in [-0.4, -0.2) is 43.4 Å². The van der Waals surface area contributed by atoms with Gasteiger partial charge in [0, 0.05) is 0 Å². The lowest BCUT2D eigenvalue weighted by atomic mass is 10.2. The van der Waals surface area contributed by atoms with E-state index in [1.54, 1.807) is 0 Å². The van der Waals surface area contributed by atoms with Crippen molar-refractivity contribution in [1.29, 1.82) is 0 Å². The van der Waals surface area contributed by atoms with Gasteiger partial charge in [0.25, 0.3) is 0 Å². The van der Waals surface area contributed by atoms with E-state index in [-0.39, 0.29) is 0 Å². The Balaban J connectivity index is 2.52. The first-order chi connectivity index (χ1) is 5.76. The molecule has 1 unspecified atom stereocenters. The van der Waals surface area contributed by atoms with Gasteiger partial charge in [0.05, 0.1) is 19.7 Å². The van der Waals surface area contributed by atoms with Crippen molar-refractivity contribution in [2.75, 3.05) is 32.8 Å². The number of hydrogen-bond acceptors (Lipinski definition) is 1. The predicted octanol–water partition coefficient (Wildman–Crippen LogP) is 1.65. The third-order valence-electron chi connectivity index (χ3n) is 3.31. The van der Waals surface area contributed by atoms with Gasteiger partial charge in [-0.1, -0.05) is 6.92 Å². The van der Waals surface area contributed by atoms with Crippen molar-refractivity contribution >= 4 is 0 Å². The molecule has 1 aliphatic heterocycles. The van der Waals surface area contributed by atoms with Gasteiger partial charge in [-0.25, -0.2) is 0 Å². The number of likely N-dealkylation sites (N-methyl/N-ethyl adjacent to an activating group) is 1. The maximum atomic E-state index is 5.67. The summed E-state index contributed by atoms with van der Waals surface area (Å²) < 4.78 is 6.93. The molecule has 1 saturated heterocycles. The Hall–Kier alpha value is -0.0800. The predicted molar refractivity (Wildman–Crippen MR) is 51.1 cm³/mol. The highest BCUT2D eigenvalue weighted by atomic mass is 16.5. The minimum absolute atomic E-state index is 0.513. The Labute approximate surface area is 76.1 Å². The van der Waals surface area contributed by atoms with Gasteiger partial charge in [-0.05, 0) is 20.3 Å². The molecule has 1 atom stereocenters. The zero-order chi connectivity index (χ0) is 9.03. The van der Waals surface area contributed by atoms with E-state index >= 15 is 0 Å². The summed E-state index contributed by atoms with van der Waals surface area (Å²) in [6.07, 6.45) is 1.68. The number of hydrogen-bond donors (Lipinski definition) is 0. The first kappa shape index (κ1) is 10.0. The van der Waals surface area contributed by atoms with Crippen LogP contribution in [0.3, 0.4) is 0 Å². The molecule has 0 bridgehead atoms. The van der Waals surface area contributed by atoms with Crippen molar-refractivity contribution in [3.8, 4) is 0 Å². The third kappa shape index (κ3) is 1.99. The maximum Gasteiger partial charge on any atom is 0.106 e. The van der Waals surface area contributed by atoms with Crippen LogP contribution in [0.1, 0.15) is 27.2 Å². The van der Waals surface area contributed by atoms with Crippen molar-refractivity contribution in [2.24, 2.45) is 0 Å². The molecular weight excluding hydrogens is 150 g/mol. The summed E-state index contributed by atoms with van der Waals surface area (Å²) >= 11 is 0. The fourth-order valence-electron chi connectivity index (χ4n) is 2.03. The van der Waals surface area contributed by atoms with E-state index in [0.717, 1.165) is 6.61 Å². The van der Waals surface area contributed by atoms with Gasteiger partial charge >= 0.3 is 0 Å². The zero-order valence-electron chi connectivity index (χ0n) is 8.68. The number of ether oxygens (including phenoxy) is 1. The molecule has 12 heavy (non-hydrogen) atoms. The number of morpholine rings is 1. The van der Waals surface area contributed by atoms with Crippen molar-refractivity contribution in [3.63, 3.8) is 0 Å². The molecule has 2 heteroatoms. The van der Waals surface area contributed by atoms with E-state index in [9.17, 15) is 0 Å². The van der Waals surface area contributed by atoms with Crippen LogP contribution in [0.4, 0.5) is 0 Å². The summed E-state index contributed by atoms with van der Waals surface area (Å²) in [4.78, 5) is 0. The van der Waals surface area contributed by atoms with E-state index in [2.05, 4.69) is 20.8 Å². The summed E-state index contributed by atoms with van der Waals surface area (Å²) in [5.74, 6) is 0.